The monoisotopic (exact) mass is 271 g/mol. The van der Waals surface area contributed by atoms with Gasteiger partial charge in [0.25, 0.3) is 0 Å². The van der Waals surface area contributed by atoms with E-state index in [4.69, 9.17) is 5.11 Å². The number of nitrogens with one attached hydrogen (secondary N) is 1. The molecule has 7 heteroatoms. The van der Waals surface area contributed by atoms with Gasteiger partial charge >= 0.3 is 12.0 Å². The number of likely N-dealkylation sites (N-methyl/N-ethyl adjacent to an activating group) is 1. The van der Waals surface area contributed by atoms with Gasteiger partial charge in [0.2, 0.25) is 0 Å². The number of carboxylic acids is 1. The number of aliphatic hydroxyl groups excluding tert-OH is 1. The predicted octanol–water partition coefficient (Wildman–Crippen LogP) is -0.690. The van der Waals surface area contributed by atoms with Crippen LogP contribution < -0.4 is 5.32 Å². The van der Waals surface area contributed by atoms with Gasteiger partial charge in [-0.2, -0.15) is 0 Å². The third-order valence-electron chi connectivity index (χ3n) is 3.99. The van der Waals surface area contributed by atoms with Gasteiger partial charge in [-0.1, -0.05) is 0 Å². The molecule has 7 nitrogen and oxygen atoms in total. The molecule has 0 radical (unpaired) electrons. The molecule has 0 aromatic heterocycles. The Bertz CT molecular complexity index is 363. The molecule has 3 N–H and O–H groups in total. The molecule has 2 amide bonds. The van der Waals surface area contributed by atoms with Crippen molar-refractivity contribution in [3.63, 3.8) is 0 Å². The number of rotatable bonds is 3. The number of carbonyl (C=O) groups excluding carboxylic acids is 1. The molecule has 0 aliphatic carbocycles. The highest BCUT2D eigenvalue weighted by Crippen LogP contribution is 2.18. The number of nitrogens with zero attached hydrogens (tertiary/aromatic N) is 2. The molecule has 0 aromatic carbocycles. The van der Waals surface area contributed by atoms with E-state index < -0.39 is 24.1 Å². The Kier molecular flexibility index (Phi) is 4.26. The Balaban J connectivity index is 1.86. The van der Waals surface area contributed by atoms with E-state index in [1.807, 2.05) is 7.05 Å². The van der Waals surface area contributed by atoms with Crippen molar-refractivity contribution in [1.82, 2.24) is 15.1 Å². The van der Waals surface area contributed by atoms with Crippen molar-refractivity contribution in [2.24, 2.45) is 0 Å². The summed E-state index contributed by atoms with van der Waals surface area (Å²) in [6.07, 6.45) is 1.52. The van der Waals surface area contributed by atoms with Crippen molar-refractivity contribution in [3.8, 4) is 0 Å². The maximum Gasteiger partial charge on any atom is 0.326 e. The molecule has 108 valence electrons. The van der Waals surface area contributed by atoms with Crippen LogP contribution in [0.2, 0.25) is 0 Å². The highest BCUT2D eigenvalue weighted by molar-refractivity contribution is 5.83. The molecule has 0 bridgehead atoms. The predicted molar refractivity (Wildman–Crippen MR) is 67.8 cm³/mol. The van der Waals surface area contributed by atoms with Gasteiger partial charge < -0.3 is 25.3 Å². The Labute approximate surface area is 112 Å². The van der Waals surface area contributed by atoms with Gasteiger partial charge in [0, 0.05) is 25.6 Å². The summed E-state index contributed by atoms with van der Waals surface area (Å²) in [5.74, 6) is -1.07. The third kappa shape index (κ3) is 3.16. The number of carboxylic acid groups (broad SMARTS) is 1. The van der Waals surface area contributed by atoms with E-state index >= 15 is 0 Å². The maximum atomic E-state index is 12.0. The van der Waals surface area contributed by atoms with Gasteiger partial charge in [-0.3, -0.25) is 0 Å². The molecule has 2 rings (SSSR count). The summed E-state index contributed by atoms with van der Waals surface area (Å²) in [5, 5.41) is 21.3. The molecule has 0 saturated carbocycles. The minimum atomic E-state index is -1.07. The van der Waals surface area contributed by atoms with Crippen LogP contribution in [0.25, 0.3) is 0 Å². The van der Waals surface area contributed by atoms with E-state index in [9.17, 15) is 14.7 Å². The van der Waals surface area contributed by atoms with Crippen LogP contribution in [0.4, 0.5) is 4.79 Å². The van der Waals surface area contributed by atoms with Crippen LogP contribution in [-0.4, -0.2) is 76.9 Å². The number of carbonyl (C=O) groups is 2. The van der Waals surface area contributed by atoms with Crippen molar-refractivity contribution in [2.75, 3.05) is 26.7 Å². The first-order valence-electron chi connectivity index (χ1n) is 6.64. The van der Waals surface area contributed by atoms with E-state index in [2.05, 4.69) is 10.2 Å². The lowest BCUT2D eigenvalue weighted by Gasteiger charge is -2.24. The molecular formula is C12H21N3O4. The second kappa shape index (κ2) is 5.75. The van der Waals surface area contributed by atoms with Crippen molar-refractivity contribution < 1.29 is 19.8 Å². The molecule has 0 aromatic rings. The van der Waals surface area contributed by atoms with Gasteiger partial charge in [-0.15, -0.1) is 0 Å². The van der Waals surface area contributed by atoms with Crippen molar-refractivity contribution >= 4 is 12.0 Å². The van der Waals surface area contributed by atoms with Crippen LogP contribution in [0, 0.1) is 0 Å². The molecule has 0 spiro atoms. The standard InChI is InChI=1S/C12H21N3O4/c1-14-4-2-3-8(14)6-13-12(19)15-7-9(16)5-10(15)11(17)18/h8-10,16H,2-7H2,1H3,(H,13,19)(H,17,18). The zero-order valence-corrected chi connectivity index (χ0v) is 11.1. The normalized spacial score (nSPS) is 31.7. The molecule has 2 saturated heterocycles. The molecule has 2 aliphatic heterocycles. The van der Waals surface area contributed by atoms with Crippen LogP contribution in [-0.2, 0) is 4.79 Å². The van der Waals surface area contributed by atoms with E-state index in [1.54, 1.807) is 0 Å². The van der Waals surface area contributed by atoms with E-state index in [0.29, 0.717) is 12.6 Å². The molecular weight excluding hydrogens is 250 g/mol. The Morgan fingerprint density at radius 3 is 2.74 bits per heavy atom. The molecule has 2 fully saturated rings. The van der Waals surface area contributed by atoms with Gasteiger partial charge in [0.1, 0.15) is 6.04 Å². The first kappa shape index (κ1) is 14.1. The summed E-state index contributed by atoms with van der Waals surface area (Å²) >= 11 is 0. The summed E-state index contributed by atoms with van der Waals surface area (Å²) in [4.78, 5) is 26.4. The third-order valence-corrected chi connectivity index (χ3v) is 3.99. The van der Waals surface area contributed by atoms with Crippen LogP contribution in [0.3, 0.4) is 0 Å². The molecule has 3 atom stereocenters. The highest BCUT2D eigenvalue weighted by atomic mass is 16.4. The summed E-state index contributed by atoms with van der Waals surface area (Å²) < 4.78 is 0. The topological polar surface area (TPSA) is 93.1 Å². The fraction of sp³-hybridized carbons (Fsp3) is 0.833. The summed E-state index contributed by atoms with van der Waals surface area (Å²) in [6, 6.07) is -1.000. The van der Waals surface area contributed by atoms with Crippen molar-refractivity contribution in [2.45, 2.75) is 37.5 Å². The summed E-state index contributed by atoms with van der Waals surface area (Å²) in [5.41, 5.74) is 0. The number of amides is 2. The molecule has 2 heterocycles. The number of likely N-dealkylation sites (tertiary alicyclic amines) is 2. The number of hydrogen-bond donors (Lipinski definition) is 3. The fourth-order valence-corrected chi connectivity index (χ4v) is 2.82. The first-order valence-corrected chi connectivity index (χ1v) is 6.64. The lowest BCUT2D eigenvalue weighted by atomic mass is 10.2. The van der Waals surface area contributed by atoms with Gasteiger partial charge in [-0.05, 0) is 26.4 Å². The molecule has 3 unspecified atom stereocenters. The molecule has 19 heavy (non-hydrogen) atoms. The second-order valence-electron chi connectivity index (χ2n) is 5.36. The number of β-amino-alcohol motifs (C(OH)–C–C–N with tert-alkyl or cyclic N) is 1. The van der Waals surface area contributed by atoms with E-state index in [-0.39, 0.29) is 13.0 Å². The van der Waals surface area contributed by atoms with Crippen LogP contribution in [0.5, 0.6) is 0 Å². The van der Waals surface area contributed by atoms with Gasteiger partial charge in [0.15, 0.2) is 0 Å². The lowest BCUT2D eigenvalue weighted by molar-refractivity contribution is -0.141. The lowest BCUT2D eigenvalue weighted by Crippen LogP contribution is -2.49. The highest BCUT2D eigenvalue weighted by Gasteiger charge is 2.39. The smallest absolute Gasteiger partial charge is 0.326 e. The maximum absolute atomic E-state index is 12.0. The number of aliphatic carboxylic acids is 1. The van der Waals surface area contributed by atoms with Crippen LogP contribution >= 0.6 is 0 Å². The van der Waals surface area contributed by atoms with Gasteiger partial charge in [-0.25, -0.2) is 9.59 Å². The zero-order chi connectivity index (χ0) is 14.0. The SMILES string of the molecule is CN1CCCC1CNC(=O)N1CC(O)CC1C(=O)O. The largest absolute Gasteiger partial charge is 0.480 e. The minimum absolute atomic E-state index is 0.0866. The second-order valence-corrected chi connectivity index (χ2v) is 5.36. The number of aliphatic hydroxyl groups is 1. The van der Waals surface area contributed by atoms with E-state index in [0.717, 1.165) is 19.4 Å². The van der Waals surface area contributed by atoms with Crippen molar-refractivity contribution in [3.05, 3.63) is 0 Å². The summed E-state index contributed by atoms with van der Waals surface area (Å²) in [7, 11) is 2.02. The van der Waals surface area contributed by atoms with Crippen molar-refractivity contribution in [1.29, 1.82) is 0 Å². The fourth-order valence-electron chi connectivity index (χ4n) is 2.82. The van der Waals surface area contributed by atoms with E-state index in [1.165, 1.54) is 4.90 Å². The minimum Gasteiger partial charge on any atom is -0.480 e. The summed E-state index contributed by atoms with van der Waals surface area (Å²) in [6.45, 7) is 1.64. The Morgan fingerprint density at radius 1 is 1.42 bits per heavy atom. The first-order chi connectivity index (χ1) is 8.99. The quantitative estimate of drug-likeness (QED) is 0.632. The Morgan fingerprint density at radius 2 is 2.16 bits per heavy atom. The van der Waals surface area contributed by atoms with Gasteiger partial charge in [0.05, 0.1) is 6.10 Å². The average molecular weight is 271 g/mol. The number of urea groups is 1. The zero-order valence-electron chi connectivity index (χ0n) is 11.1. The molecule has 2 aliphatic rings. The van der Waals surface area contributed by atoms with Crippen LogP contribution in [0.1, 0.15) is 19.3 Å². The Hall–Kier alpha value is -1.34. The average Bonchev–Trinajstić information content (AvgIpc) is 2.92. The number of hydrogen-bond acceptors (Lipinski definition) is 4. The van der Waals surface area contributed by atoms with Crippen LogP contribution in [0.15, 0.2) is 0 Å².